The Balaban J connectivity index is 1.36. The number of carbonyl (C=O) groups is 2. The molecule has 0 unspecified atom stereocenters. The average Bonchev–Trinajstić information content (AvgIpc) is 2.90. The van der Waals surface area contributed by atoms with Crippen molar-refractivity contribution in [2.24, 2.45) is 5.92 Å². The molecule has 0 bridgehead atoms. The molecule has 2 heterocycles. The zero-order chi connectivity index (χ0) is 19.0. The van der Waals surface area contributed by atoms with Gasteiger partial charge in [0.2, 0.25) is 0 Å². The first kappa shape index (κ1) is 18.1. The first-order valence-corrected chi connectivity index (χ1v) is 9.88. The van der Waals surface area contributed by atoms with Crippen LogP contribution in [0.2, 0.25) is 0 Å². The number of imide groups is 1. The molecule has 1 saturated carbocycles. The number of benzene rings is 1. The molecule has 4 rings (SSSR count). The zero-order valence-electron chi connectivity index (χ0n) is 15.9. The molecule has 2 saturated heterocycles. The van der Waals surface area contributed by atoms with E-state index in [9.17, 15) is 14.7 Å². The predicted octanol–water partition coefficient (Wildman–Crippen LogP) is 1.97. The van der Waals surface area contributed by atoms with Crippen LogP contribution in [0.3, 0.4) is 0 Å². The van der Waals surface area contributed by atoms with E-state index in [-0.39, 0.29) is 17.7 Å². The number of nitrogens with zero attached hydrogens (tertiary/aromatic N) is 3. The predicted molar refractivity (Wildman–Crippen MR) is 103 cm³/mol. The molecule has 0 atom stereocenters. The monoisotopic (exact) mass is 372 g/mol. The Labute approximate surface area is 159 Å². The van der Waals surface area contributed by atoms with E-state index in [2.05, 4.69) is 22.0 Å². The van der Waals surface area contributed by atoms with Gasteiger partial charge in [-0.15, -0.1) is 0 Å². The van der Waals surface area contributed by atoms with Gasteiger partial charge in [0, 0.05) is 26.2 Å². The maximum atomic E-state index is 13.0. The number of phenols is 1. The van der Waals surface area contributed by atoms with Gasteiger partial charge in [0.15, 0.2) is 0 Å². The molecule has 1 aromatic rings. The Morgan fingerprint density at radius 1 is 1.11 bits per heavy atom. The molecule has 1 aliphatic carbocycles. The lowest BCUT2D eigenvalue weighted by Gasteiger charge is -2.37. The van der Waals surface area contributed by atoms with Gasteiger partial charge in [-0.1, -0.05) is 19.1 Å². The topological polar surface area (TPSA) is 76.1 Å². The van der Waals surface area contributed by atoms with E-state index >= 15 is 0 Å². The van der Waals surface area contributed by atoms with Crippen LogP contribution in [0, 0.1) is 5.92 Å². The lowest BCUT2D eigenvalue weighted by Crippen LogP contribution is -2.52. The molecule has 2 N–H and O–H groups in total. The van der Waals surface area contributed by atoms with Gasteiger partial charge in [-0.3, -0.25) is 9.69 Å². The first-order valence-electron chi connectivity index (χ1n) is 9.88. The molecule has 7 nitrogen and oxygen atoms in total. The summed E-state index contributed by atoms with van der Waals surface area (Å²) in [6.07, 6.45) is 3.46. The molecule has 1 aromatic carbocycles. The third-order valence-electron chi connectivity index (χ3n) is 6.31. The Bertz CT molecular complexity index is 722. The maximum Gasteiger partial charge on any atom is 0.326 e. The molecular weight excluding hydrogens is 344 g/mol. The Kier molecular flexibility index (Phi) is 4.72. The standard InChI is InChI=1S/C20H28N4O3/c1-15-6-8-20(9-7-15)18(26)24(19(27)21-20)14-22-10-12-23(13-11-22)16-4-2-3-5-17(16)25/h2-5,15,25H,6-14H2,1H3,(H,21,27). The summed E-state index contributed by atoms with van der Waals surface area (Å²) in [5.74, 6) is 0.855. The number of hydrogen-bond acceptors (Lipinski definition) is 5. The highest BCUT2D eigenvalue weighted by Crippen LogP contribution is 2.36. The van der Waals surface area contributed by atoms with E-state index in [0.717, 1.165) is 57.5 Å². The molecule has 0 radical (unpaired) electrons. The quantitative estimate of drug-likeness (QED) is 0.794. The van der Waals surface area contributed by atoms with E-state index in [1.807, 2.05) is 18.2 Å². The van der Waals surface area contributed by atoms with Crippen LogP contribution in [-0.4, -0.2) is 65.2 Å². The lowest BCUT2D eigenvalue weighted by molar-refractivity contribution is -0.134. The molecule has 27 heavy (non-hydrogen) atoms. The number of aromatic hydroxyl groups is 1. The highest BCUT2D eigenvalue weighted by molar-refractivity contribution is 6.07. The summed E-state index contributed by atoms with van der Waals surface area (Å²) in [5, 5.41) is 13.0. The van der Waals surface area contributed by atoms with Crippen molar-refractivity contribution in [3.05, 3.63) is 24.3 Å². The minimum absolute atomic E-state index is 0.0532. The third-order valence-corrected chi connectivity index (χ3v) is 6.31. The van der Waals surface area contributed by atoms with Crippen molar-refractivity contribution in [3.8, 4) is 5.75 Å². The van der Waals surface area contributed by atoms with Crippen LogP contribution in [0.4, 0.5) is 10.5 Å². The van der Waals surface area contributed by atoms with Gasteiger partial charge in [0.1, 0.15) is 11.3 Å². The number of para-hydroxylation sites is 2. The van der Waals surface area contributed by atoms with Gasteiger partial charge in [0.05, 0.1) is 12.4 Å². The molecule has 2 aliphatic heterocycles. The maximum absolute atomic E-state index is 13.0. The van der Waals surface area contributed by atoms with Gasteiger partial charge in [-0.25, -0.2) is 9.69 Å². The average molecular weight is 372 g/mol. The fraction of sp³-hybridized carbons (Fsp3) is 0.600. The van der Waals surface area contributed by atoms with E-state index in [4.69, 9.17) is 0 Å². The van der Waals surface area contributed by atoms with Crippen LogP contribution in [0.1, 0.15) is 32.6 Å². The van der Waals surface area contributed by atoms with E-state index in [1.165, 1.54) is 4.90 Å². The number of phenolic OH excluding ortho intramolecular Hbond substituents is 1. The number of carbonyl (C=O) groups excluding carboxylic acids is 2. The van der Waals surface area contributed by atoms with Crippen molar-refractivity contribution in [1.29, 1.82) is 0 Å². The summed E-state index contributed by atoms with van der Waals surface area (Å²) >= 11 is 0. The van der Waals surface area contributed by atoms with E-state index in [1.54, 1.807) is 6.07 Å². The number of rotatable bonds is 3. The zero-order valence-corrected chi connectivity index (χ0v) is 15.9. The van der Waals surface area contributed by atoms with Crippen LogP contribution in [0.15, 0.2) is 24.3 Å². The molecule has 3 fully saturated rings. The molecule has 1 spiro atoms. The van der Waals surface area contributed by atoms with Gasteiger partial charge in [-0.05, 0) is 43.7 Å². The van der Waals surface area contributed by atoms with Crippen LogP contribution in [0.25, 0.3) is 0 Å². The van der Waals surface area contributed by atoms with Crippen LogP contribution in [0.5, 0.6) is 5.75 Å². The summed E-state index contributed by atoms with van der Waals surface area (Å²) in [4.78, 5) is 31.1. The van der Waals surface area contributed by atoms with Gasteiger partial charge >= 0.3 is 6.03 Å². The van der Waals surface area contributed by atoms with Crippen LogP contribution >= 0.6 is 0 Å². The fourth-order valence-electron chi connectivity index (χ4n) is 4.46. The van der Waals surface area contributed by atoms with Gasteiger partial charge in [-0.2, -0.15) is 0 Å². The smallest absolute Gasteiger partial charge is 0.326 e. The second kappa shape index (κ2) is 7.03. The van der Waals surface area contributed by atoms with Crippen LogP contribution in [-0.2, 0) is 4.79 Å². The van der Waals surface area contributed by atoms with Gasteiger partial charge < -0.3 is 15.3 Å². The van der Waals surface area contributed by atoms with Crippen molar-refractivity contribution >= 4 is 17.6 Å². The summed E-state index contributed by atoms with van der Waals surface area (Å²) < 4.78 is 0. The number of amides is 3. The Hall–Kier alpha value is -2.28. The minimum Gasteiger partial charge on any atom is -0.506 e. The largest absolute Gasteiger partial charge is 0.506 e. The van der Waals surface area contributed by atoms with Crippen molar-refractivity contribution in [2.75, 3.05) is 37.7 Å². The number of piperazine rings is 1. The lowest BCUT2D eigenvalue weighted by atomic mass is 9.77. The Morgan fingerprint density at radius 2 is 1.78 bits per heavy atom. The third kappa shape index (κ3) is 3.36. The molecule has 3 aliphatic rings. The fourth-order valence-corrected chi connectivity index (χ4v) is 4.46. The number of anilines is 1. The highest BCUT2D eigenvalue weighted by Gasteiger charge is 2.52. The van der Waals surface area contributed by atoms with Crippen molar-refractivity contribution in [3.63, 3.8) is 0 Å². The molecule has 0 aromatic heterocycles. The minimum atomic E-state index is -0.665. The van der Waals surface area contributed by atoms with E-state index < -0.39 is 5.54 Å². The number of hydrogen-bond donors (Lipinski definition) is 2. The van der Waals surface area contributed by atoms with Crippen molar-refractivity contribution in [2.45, 2.75) is 38.1 Å². The molecule has 7 heteroatoms. The van der Waals surface area contributed by atoms with Crippen molar-refractivity contribution in [1.82, 2.24) is 15.1 Å². The first-order chi connectivity index (χ1) is 13.0. The summed E-state index contributed by atoms with van der Waals surface area (Å²) in [7, 11) is 0. The number of nitrogens with one attached hydrogen (secondary N) is 1. The molecular formula is C20H28N4O3. The Morgan fingerprint density at radius 3 is 2.44 bits per heavy atom. The molecule has 3 amide bonds. The summed E-state index contributed by atoms with van der Waals surface area (Å²) in [6.45, 7) is 5.55. The second-order valence-electron chi connectivity index (χ2n) is 8.16. The summed E-state index contributed by atoms with van der Waals surface area (Å²) in [5.41, 5.74) is 0.170. The summed E-state index contributed by atoms with van der Waals surface area (Å²) in [6, 6.07) is 7.08. The van der Waals surface area contributed by atoms with E-state index in [0.29, 0.717) is 12.6 Å². The van der Waals surface area contributed by atoms with Crippen molar-refractivity contribution < 1.29 is 14.7 Å². The van der Waals surface area contributed by atoms with Gasteiger partial charge in [0.25, 0.3) is 5.91 Å². The normalized spacial score (nSPS) is 29.4. The second-order valence-corrected chi connectivity index (χ2v) is 8.16. The molecule has 146 valence electrons. The highest BCUT2D eigenvalue weighted by atomic mass is 16.3. The van der Waals surface area contributed by atoms with Crippen LogP contribution < -0.4 is 10.2 Å². The number of urea groups is 1. The SMILES string of the molecule is CC1CCC2(CC1)NC(=O)N(CN1CCN(c3ccccc3O)CC1)C2=O.